The molecule has 1 aliphatic carbocycles. The van der Waals surface area contributed by atoms with E-state index in [-0.39, 0.29) is 11.9 Å². The topological polar surface area (TPSA) is 23.6 Å². The molecule has 1 aromatic heterocycles. The Labute approximate surface area is 206 Å². The highest BCUT2D eigenvalue weighted by atomic mass is 35.5. The van der Waals surface area contributed by atoms with E-state index >= 15 is 0 Å². The monoisotopic (exact) mass is 478 g/mol. The van der Waals surface area contributed by atoms with Gasteiger partial charge in [0.25, 0.3) is 5.91 Å². The zero-order chi connectivity index (χ0) is 22.6. The van der Waals surface area contributed by atoms with Gasteiger partial charge in [-0.25, -0.2) is 0 Å². The fourth-order valence-corrected chi connectivity index (χ4v) is 6.51. The lowest BCUT2D eigenvalue weighted by Gasteiger charge is -2.45. The summed E-state index contributed by atoms with van der Waals surface area (Å²) in [5.41, 5.74) is 2.43. The molecule has 5 rings (SSSR count). The Hall–Kier alpha value is -2.14. The van der Waals surface area contributed by atoms with Crippen molar-refractivity contribution in [2.24, 2.45) is 0 Å². The molecule has 1 amide bonds. The predicted molar refractivity (Wildman–Crippen MR) is 139 cm³/mol. The largest absolute Gasteiger partial charge is 0.305 e. The average molecular weight is 479 g/mol. The lowest BCUT2D eigenvalue weighted by molar-refractivity contribution is 0.0898. The normalized spacial score (nSPS) is 22.2. The summed E-state index contributed by atoms with van der Waals surface area (Å²) in [5.74, 6) is 0.724. The quantitative estimate of drug-likeness (QED) is 0.386. The lowest BCUT2D eigenvalue weighted by Crippen LogP contribution is -2.51. The van der Waals surface area contributed by atoms with Crippen molar-refractivity contribution in [1.29, 1.82) is 0 Å². The van der Waals surface area contributed by atoms with Crippen molar-refractivity contribution in [2.45, 2.75) is 56.5 Å². The molecule has 0 N–H and O–H groups in total. The summed E-state index contributed by atoms with van der Waals surface area (Å²) < 4.78 is 0. The molecule has 2 aromatic carbocycles. The summed E-state index contributed by atoms with van der Waals surface area (Å²) in [4.78, 5) is 19.0. The predicted octanol–water partition coefficient (Wildman–Crippen LogP) is 7.24. The van der Waals surface area contributed by atoms with Crippen molar-refractivity contribution in [2.75, 3.05) is 18.0 Å². The molecule has 3 nitrogen and oxygen atoms in total. The standard InChI is InChI=1S/C28H31ClN2OS/c29-22-12-14-23(15-13-22)31(28(32)27-11-6-20-33-27)24-16-18-30(19-17-24)26-10-5-4-9-25(26)21-7-2-1-3-8-21/h1-3,6-8,11-15,20,24-26H,4-5,9-10,16-19H2/t25-,26-/m1/s1. The maximum atomic E-state index is 13.5. The van der Waals surface area contributed by atoms with Crippen molar-refractivity contribution < 1.29 is 4.79 Å². The molecule has 0 radical (unpaired) electrons. The van der Waals surface area contributed by atoms with Crippen LogP contribution in [0, 0.1) is 0 Å². The highest BCUT2D eigenvalue weighted by Gasteiger charge is 2.36. The van der Waals surface area contributed by atoms with Crippen LogP contribution in [0.5, 0.6) is 0 Å². The van der Waals surface area contributed by atoms with Crippen molar-refractivity contribution in [1.82, 2.24) is 4.90 Å². The first-order chi connectivity index (χ1) is 16.2. The second kappa shape index (κ2) is 10.4. The Kier molecular flexibility index (Phi) is 7.15. The molecule has 0 spiro atoms. The second-order valence-corrected chi connectivity index (χ2v) is 10.6. The van der Waals surface area contributed by atoms with E-state index in [2.05, 4.69) is 35.2 Å². The van der Waals surface area contributed by atoms with Crippen LogP contribution < -0.4 is 4.90 Å². The van der Waals surface area contributed by atoms with Crippen molar-refractivity contribution >= 4 is 34.5 Å². The fraction of sp³-hybridized carbons (Fsp3) is 0.393. The van der Waals surface area contributed by atoms with Gasteiger partial charge in [-0.05, 0) is 72.9 Å². The molecule has 172 valence electrons. The summed E-state index contributed by atoms with van der Waals surface area (Å²) in [6, 6.07) is 23.5. The molecule has 0 unspecified atom stereocenters. The van der Waals surface area contributed by atoms with Crippen molar-refractivity contribution in [3.05, 3.63) is 87.6 Å². The van der Waals surface area contributed by atoms with Crippen LogP contribution in [0.25, 0.3) is 0 Å². The number of hydrogen-bond acceptors (Lipinski definition) is 3. The lowest BCUT2D eigenvalue weighted by atomic mass is 9.78. The van der Waals surface area contributed by atoms with Gasteiger partial charge < -0.3 is 4.90 Å². The van der Waals surface area contributed by atoms with Gasteiger partial charge in [0.05, 0.1) is 4.88 Å². The van der Waals surface area contributed by atoms with Gasteiger partial charge in [-0.15, -0.1) is 11.3 Å². The third-order valence-electron chi connectivity index (χ3n) is 7.35. The molecule has 33 heavy (non-hydrogen) atoms. The average Bonchev–Trinajstić information content (AvgIpc) is 3.42. The molecule has 1 saturated heterocycles. The van der Waals surface area contributed by atoms with Gasteiger partial charge in [0, 0.05) is 35.9 Å². The highest BCUT2D eigenvalue weighted by Crippen LogP contribution is 2.38. The Morgan fingerprint density at radius 1 is 0.879 bits per heavy atom. The smallest absolute Gasteiger partial charge is 0.268 e. The van der Waals surface area contributed by atoms with Crippen LogP contribution in [0.15, 0.2) is 72.1 Å². The minimum absolute atomic E-state index is 0.102. The molecule has 1 aliphatic heterocycles. The molecule has 2 fully saturated rings. The molecular formula is C28H31ClN2OS. The van der Waals surface area contributed by atoms with Gasteiger partial charge >= 0.3 is 0 Å². The number of piperidine rings is 1. The molecule has 1 saturated carbocycles. The summed E-state index contributed by atoms with van der Waals surface area (Å²) in [6.45, 7) is 2.08. The van der Waals surface area contributed by atoms with Crippen LogP contribution in [-0.2, 0) is 0 Å². The number of thiophene rings is 1. The number of benzene rings is 2. The maximum Gasteiger partial charge on any atom is 0.268 e. The Morgan fingerprint density at radius 2 is 1.61 bits per heavy atom. The number of amides is 1. The molecule has 2 aliphatic rings. The summed E-state index contributed by atoms with van der Waals surface area (Å²) in [7, 11) is 0. The van der Waals surface area contributed by atoms with E-state index in [0.29, 0.717) is 17.0 Å². The zero-order valence-corrected chi connectivity index (χ0v) is 20.5. The van der Waals surface area contributed by atoms with E-state index in [1.807, 2.05) is 46.7 Å². The van der Waals surface area contributed by atoms with Crippen LogP contribution in [0.4, 0.5) is 5.69 Å². The van der Waals surface area contributed by atoms with Gasteiger partial charge in [-0.2, -0.15) is 0 Å². The van der Waals surface area contributed by atoms with Gasteiger partial charge in [-0.3, -0.25) is 9.69 Å². The maximum absolute atomic E-state index is 13.5. The molecule has 0 bridgehead atoms. The minimum atomic E-state index is 0.102. The Morgan fingerprint density at radius 3 is 2.30 bits per heavy atom. The third-order valence-corrected chi connectivity index (χ3v) is 8.46. The molecule has 5 heteroatoms. The summed E-state index contributed by atoms with van der Waals surface area (Å²) in [6.07, 6.45) is 7.20. The first kappa shape index (κ1) is 22.6. The number of anilines is 1. The number of hydrogen-bond donors (Lipinski definition) is 0. The van der Waals surface area contributed by atoms with Crippen LogP contribution in [-0.4, -0.2) is 36.0 Å². The number of carbonyl (C=O) groups is 1. The van der Waals surface area contributed by atoms with Crippen LogP contribution >= 0.6 is 22.9 Å². The van der Waals surface area contributed by atoms with Crippen LogP contribution in [0.2, 0.25) is 5.02 Å². The fourth-order valence-electron chi connectivity index (χ4n) is 5.73. The first-order valence-electron chi connectivity index (χ1n) is 12.1. The minimum Gasteiger partial charge on any atom is -0.305 e. The second-order valence-electron chi connectivity index (χ2n) is 9.26. The first-order valence-corrected chi connectivity index (χ1v) is 13.4. The number of likely N-dealkylation sites (tertiary alicyclic amines) is 1. The molecule has 2 heterocycles. The van der Waals surface area contributed by atoms with Gasteiger partial charge in [-0.1, -0.05) is 60.8 Å². The van der Waals surface area contributed by atoms with Crippen molar-refractivity contribution in [3.63, 3.8) is 0 Å². The number of rotatable bonds is 5. The van der Waals surface area contributed by atoms with E-state index < -0.39 is 0 Å². The van der Waals surface area contributed by atoms with E-state index in [1.54, 1.807) is 0 Å². The van der Waals surface area contributed by atoms with Crippen LogP contribution in [0.1, 0.15) is 59.7 Å². The summed E-state index contributed by atoms with van der Waals surface area (Å²) in [5, 5.41) is 2.67. The zero-order valence-electron chi connectivity index (χ0n) is 18.9. The Balaban J connectivity index is 1.33. The van der Waals surface area contributed by atoms with Gasteiger partial charge in [0.15, 0.2) is 0 Å². The molecule has 2 atom stereocenters. The summed E-state index contributed by atoms with van der Waals surface area (Å²) >= 11 is 7.66. The third kappa shape index (κ3) is 5.03. The van der Waals surface area contributed by atoms with Gasteiger partial charge in [0.2, 0.25) is 0 Å². The van der Waals surface area contributed by atoms with E-state index in [4.69, 9.17) is 11.6 Å². The number of nitrogens with zero attached hydrogens (tertiary/aromatic N) is 2. The van der Waals surface area contributed by atoms with Crippen LogP contribution in [0.3, 0.4) is 0 Å². The SMILES string of the molecule is O=C(c1cccs1)N(c1ccc(Cl)cc1)C1CCN([C@@H]2CCCC[C@@H]2c2ccccc2)CC1. The van der Waals surface area contributed by atoms with Crippen molar-refractivity contribution in [3.8, 4) is 0 Å². The van der Waals surface area contributed by atoms with E-state index in [9.17, 15) is 4.79 Å². The van der Waals surface area contributed by atoms with E-state index in [0.717, 1.165) is 36.5 Å². The molecule has 3 aromatic rings. The number of halogens is 1. The molecular weight excluding hydrogens is 448 g/mol. The number of carbonyl (C=O) groups excluding carboxylic acids is 1. The van der Waals surface area contributed by atoms with E-state index in [1.165, 1.54) is 42.6 Å². The van der Waals surface area contributed by atoms with Gasteiger partial charge in [0.1, 0.15) is 0 Å². The highest BCUT2D eigenvalue weighted by molar-refractivity contribution is 7.12. The Bertz CT molecular complexity index is 1030.